The molecule has 7 heteroatoms. The molecule has 0 saturated carbocycles. The summed E-state index contributed by atoms with van der Waals surface area (Å²) >= 11 is 0. The number of nitrogens with one attached hydrogen (secondary N) is 1. The van der Waals surface area contributed by atoms with Crippen LogP contribution >= 0.6 is 0 Å². The normalized spacial score (nSPS) is 16.3. The van der Waals surface area contributed by atoms with Crippen molar-refractivity contribution in [2.24, 2.45) is 0 Å². The molecule has 0 bridgehead atoms. The first-order valence-electron chi connectivity index (χ1n) is 11.9. The molecule has 7 nitrogen and oxygen atoms in total. The summed E-state index contributed by atoms with van der Waals surface area (Å²) in [5.74, 6) is 1.44. The van der Waals surface area contributed by atoms with Gasteiger partial charge in [-0.05, 0) is 44.9 Å². The molecule has 1 saturated heterocycles. The second-order valence-electron chi connectivity index (χ2n) is 7.78. The van der Waals surface area contributed by atoms with Crippen LogP contribution in [0.15, 0.2) is 42.5 Å². The summed E-state index contributed by atoms with van der Waals surface area (Å²) in [5, 5.41) is 3.02. The standard InChI is InChI=1S/C26H36N2O5/c1-4-30-22-17-21(18-23(31-5-2)25(22)32-6-3)26(29)27-13-10-14-28-15-16-33-24(19-28)20-11-8-7-9-12-20/h7-9,11-12,17-18,24H,4-6,10,13-16,19H2,1-3H3,(H,27,29). The van der Waals surface area contributed by atoms with E-state index < -0.39 is 0 Å². The number of benzene rings is 2. The molecule has 2 aromatic rings. The molecule has 3 rings (SSSR count). The Kier molecular flexibility index (Phi) is 9.84. The molecule has 1 atom stereocenters. The third kappa shape index (κ3) is 7.11. The fraction of sp³-hybridized carbons (Fsp3) is 0.500. The summed E-state index contributed by atoms with van der Waals surface area (Å²) in [6.07, 6.45) is 0.966. The Balaban J connectivity index is 1.53. The Hall–Kier alpha value is -2.77. The SMILES string of the molecule is CCOc1cc(C(=O)NCCCN2CCOC(c3ccccc3)C2)cc(OCC)c1OCC. The second-order valence-corrected chi connectivity index (χ2v) is 7.78. The van der Waals surface area contributed by atoms with E-state index in [2.05, 4.69) is 22.3 Å². The van der Waals surface area contributed by atoms with E-state index >= 15 is 0 Å². The lowest BCUT2D eigenvalue weighted by molar-refractivity contribution is -0.0301. The Morgan fingerprint density at radius 2 is 1.70 bits per heavy atom. The van der Waals surface area contributed by atoms with Crippen LogP contribution in [0.2, 0.25) is 0 Å². The molecule has 0 aliphatic carbocycles. The minimum atomic E-state index is -0.149. The Bertz CT molecular complexity index is 847. The number of nitrogens with zero attached hydrogens (tertiary/aromatic N) is 1. The van der Waals surface area contributed by atoms with Gasteiger partial charge in [0.05, 0.1) is 32.5 Å². The molecule has 1 aliphatic rings. The van der Waals surface area contributed by atoms with Crippen molar-refractivity contribution in [3.05, 3.63) is 53.6 Å². The van der Waals surface area contributed by atoms with E-state index in [1.54, 1.807) is 12.1 Å². The highest BCUT2D eigenvalue weighted by atomic mass is 16.5. The van der Waals surface area contributed by atoms with Crippen LogP contribution in [-0.4, -0.2) is 63.4 Å². The van der Waals surface area contributed by atoms with Crippen molar-refractivity contribution in [2.45, 2.75) is 33.3 Å². The molecule has 1 heterocycles. The molecular formula is C26H36N2O5. The fourth-order valence-electron chi connectivity index (χ4n) is 3.90. The van der Waals surface area contributed by atoms with Gasteiger partial charge in [-0.15, -0.1) is 0 Å². The van der Waals surface area contributed by atoms with Crippen LogP contribution in [-0.2, 0) is 4.74 Å². The van der Waals surface area contributed by atoms with Gasteiger partial charge in [0.15, 0.2) is 11.5 Å². The average molecular weight is 457 g/mol. The van der Waals surface area contributed by atoms with Crippen LogP contribution < -0.4 is 19.5 Å². The number of hydrogen-bond donors (Lipinski definition) is 1. The zero-order chi connectivity index (χ0) is 23.5. The predicted octanol–water partition coefficient (Wildman–Crippen LogP) is 4.08. The topological polar surface area (TPSA) is 69.3 Å². The lowest BCUT2D eigenvalue weighted by Crippen LogP contribution is -2.39. The third-order valence-corrected chi connectivity index (χ3v) is 5.43. The average Bonchev–Trinajstić information content (AvgIpc) is 2.84. The number of hydrogen-bond acceptors (Lipinski definition) is 6. The predicted molar refractivity (Wildman–Crippen MR) is 128 cm³/mol. The highest BCUT2D eigenvalue weighted by Gasteiger charge is 2.22. The molecule has 1 unspecified atom stereocenters. The molecule has 0 aromatic heterocycles. The number of amides is 1. The molecular weight excluding hydrogens is 420 g/mol. The Labute approximate surface area is 197 Å². The molecule has 1 N–H and O–H groups in total. The number of carbonyl (C=O) groups excluding carboxylic acids is 1. The van der Waals surface area contributed by atoms with Crippen LogP contribution in [0.25, 0.3) is 0 Å². The summed E-state index contributed by atoms with van der Waals surface area (Å²) in [5.41, 5.74) is 1.71. The number of carbonyl (C=O) groups is 1. The van der Waals surface area contributed by atoms with Crippen molar-refractivity contribution in [1.29, 1.82) is 0 Å². The first kappa shape index (κ1) is 24.9. The van der Waals surface area contributed by atoms with Gasteiger partial charge in [0.1, 0.15) is 0 Å². The van der Waals surface area contributed by atoms with E-state index in [-0.39, 0.29) is 12.0 Å². The number of morpholine rings is 1. The van der Waals surface area contributed by atoms with E-state index in [1.807, 2.05) is 39.0 Å². The molecule has 1 fully saturated rings. The summed E-state index contributed by atoms with van der Waals surface area (Å²) in [6.45, 7) is 11.1. The van der Waals surface area contributed by atoms with Crippen LogP contribution in [0.4, 0.5) is 0 Å². The summed E-state index contributed by atoms with van der Waals surface area (Å²) < 4.78 is 23.1. The maximum absolute atomic E-state index is 12.8. The molecule has 1 aliphatic heterocycles. The van der Waals surface area contributed by atoms with Gasteiger partial charge >= 0.3 is 0 Å². The molecule has 33 heavy (non-hydrogen) atoms. The fourth-order valence-corrected chi connectivity index (χ4v) is 3.90. The maximum Gasteiger partial charge on any atom is 0.251 e. The molecule has 0 spiro atoms. The van der Waals surface area contributed by atoms with Crippen molar-refractivity contribution in [1.82, 2.24) is 10.2 Å². The van der Waals surface area contributed by atoms with Gasteiger partial charge in [-0.25, -0.2) is 0 Å². The van der Waals surface area contributed by atoms with Crippen molar-refractivity contribution in [2.75, 3.05) is 52.6 Å². The van der Waals surface area contributed by atoms with Crippen LogP contribution in [0.1, 0.15) is 49.2 Å². The molecule has 2 aromatic carbocycles. The highest BCUT2D eigenvalue weighted by molar-refractivity contribution is 5.95. The van der Waals surface area contributed by atoms with E-state index in [1.165, 1.54) is 5.56 Å². The minimum Gasteiger partial charge on any atom is -0.490 e. The monoisotopic (exact) mass is 456 g/mol. The van der Waals surface area contributed by atoms with Crippen LogP contribution in [0.5, 0.6) is 17.2 Å². The second kappa shape index (κ2) is 13.1. The van der Waals surface area contributed by atoms with Crippen molar-refractivity contribution in [3.63, 3.8) is 0 Å². The Morgan fingerprint density at radius 1 is 1.03 bits per heavy atom. The van der Waals surface area contributed by atoms with Crippen molar-refractivity contribution in [3.8, 4) is 17.2 Å². The first-order valence-corrected chi connectivity index (χ1v) is 11.9. The zero-order valence-corrected chi connectivity index (χ0v) is 20.0. The lowest BCUT2D eigenvalue weighted by Gasteiger charge is -2.33. The minimum absolute atomic E-state index is 0.104. The highest BCUT2D eigenvalue weighted by Crippen LogP contribution is 2.39. The van der Waals surface area contributed by atoms with E-state index in [0.717, 1.165) is 32.7 Å². The van der Waals surface area contributed by atoms with E-state index in [0.29, 0.717) is 49.2 Å². The lowest BCUT2D eigenvalue weighted by atomic mass is 10.1. The van der Waals surface area contributed by atoms with Gasteiger partial charge in [0.2, 0.25) is 5.75 Å². The smallest absolute Gasteiger partial charge is 0.251 e. The summed E-state index contributed by atoms with van der Waals surface area (Å²) in [4.78, 5) is 15.2. The Morgan fingerprint density at radius 3 is 2.33 bits per heavy atom. The summed E-state index contributed by atoms with van der Waals surface area (Å²) in [6, 6.07) is 13.8. The maximum atomic E-state index is 12.8. The third-order valence-electron chi connectivity index (χ3n) is 5.43. The van der Waals surface area contributed by atoms with Crippen LogP contribution in [0.3, 0.4) is 0 Å². The number of ether oxygens (including phenoxy) is 4. The molecule has 1 amide bonds. The quantitative estimate of drug-likeness (QED) is 0.486. The van der Waals surface area contributed by atoms with Gasteiger partial charge in [0, 0.05) is 31.7 Å². The van der Waals surface area contributed by atoms with Gasteiger partial charge in [0.25, 0.3) is 5.91 Å². The summed E-state index contributed by atoms with van der Waals surface area (Å²) in [7, 11) is 0. The van der Waals surface area contributed by atoms with Gasteiger partial charge in [-0.3, -0.25) is 9.69 Å². The van der Waals surface area contributed by atoms with Gasteiger partial charge in [-0.1, -0.05) is 30.3 Å². The molecule has 0 radical (unpaired) electrons. The van der Waals surface area contributed by atoms with Crippen molar-refractivity contribution < 1.29 is 23.7 Å². The molecule has 180 valence electrons. The van der Waals surface area contributed by atoms with Gasteiger partial charge in [-0.2, -0.15) is 0 Å². The van der Waals surface area contributed by atoms with E-state index in [4.69, 9.17) is 18.9 Å². The van der Waals surface area contributed by atoms with Crippen molar-refractivity contribution >= 4 is 5.91 Å². The zero-order valence-electron chi connectivity index (χ0n) is 20.0. The number of rotatable bonds is 12. The van der Waals surface area contributed by atoms with Crippen LogP contribution in [0, 0.1) is 0 Å². The first-order chi connectivity index (χ1) is 16.2. The van der Waals surface area contributed by atoms with E-state index in [9.17, 15) is 4.79 Å². The van der Waals surface area contributed by atoms with Gasteiger partial charge < -0.3 is 24.3 Å². The largest absolute Gasteiger partial charge is 0.490 e.